The Hall–Kier alpha value is -1.35. The minimum absolute atomic E-state index is 0.141. The Bertz CT molecular complexity index is 372. The van der Waals surface area contributed by atoms with E-state index in [1.807, 2.05) is 18.2 Å². The number of benzene rings is 1. The number of para-hydroxylation sites is 1. The first kappa shape index (κ1) is 11.1. The van der Waals surface area contributed by atoms with Gasteiger partial charge in [0, 0.05) is 18.8 Å². The van der Waals surface area contributed by atoms with Gasteiger partial charge in [-0.05, 0) is 18.1 Å². The maximum Gasteiger partial charge on any atom is 0.230 e. The van der Waals surface area contributed by atoms with Crippen LogP contribution in [0.2, 0.25) is 0 Å². The Morgan fingerprint density at radius 1 is 1.44 bits per heavy atom. The summed E-state index contributed by atoms with van der Waals surface area (Å²) in [7, 11) is 0. The molecule has 3 nitrogen and oxygen atoms in total. The molecule has 0 atom stereocenters. The highest BCUT2D eigenvalue weighted by Gasteiger charge is 2.24. The van der Waals surface area contributed by atoms with Gasteiger partial charge in [0.15, 0.2) is 0 Å². The van der Waals surface area contributed by atoms with Crippen LogP contribution in [0, 0.1) is 5.92 Å². The van der Waals surface area contributed by atoms with E-state index in [-0.39, 0.29) is 11.8 Å². The van der Waals surface area contributed by atoms with Crippen molar-refractivity contribution in [2.24, 2.45) is 5.92 Å². The fraction of sp³-hybridized carbons (Fsp3) is 0.462. The number of carbonyl (C=O) groups excluding carboxylic acids is 1. The number of hydrogen-bond acceptors (Lipinski definition) is 2. The lowest BCUT2D eigenvalue weighted by Gasteiger charge is -2.26. The van der Waals surface area contributed by atoms with Gasteiger partial charge in [-0.1, -0.05) is 31.5 Å². The zero-order valence-corrected chi connectivity index (χ0v) is 9.62. The molecule has 16 heavy (non-hydrogen) atoms. The number of anilines is 1. The van der Waals surface area contributed by atoms with Crippen LogP contribution in [0.4, 0.5) is 5.69 Å². The first-order valence-corrected chi connectivity index (χ1v) is 5.90. The van der Waals surface area contributed by atoms with E-state index in [4.69, 9.17) is 0 Å². The highest BCUT2D eigenvalue weighted by molar-refractivity contribution is 5.94. The van der Waals surface area contributed by atoms with Crippen molar-refractivity contribution in [2.45, 2.75) is 19.8 Å². The number of carbonyl (C=O) groups is 1. The van der Waals surface area contributed by atoms with Crippen LogP contribution in [0.3, 0.4) is 0 Å². The van der Waals surface area contributed by atoms with Gasteiger partial charge in [-0.15, -0.1) is 0 Å². The van der Waals surface area contributed by atoms with Crippen molar-refractivity contribution >= 4 is 11.6 Å². The summed E-state index contributed by atoms with van der Waals surface area (Å²) in [5, 5.41) is 6.13. The molecule has 2 N–H and O–H groups in total. The van der Waals surface area contributed by atoms with Gasteiger partial charge >= 0.3 is 0 Å². The molecule has 86 valence electrons. The van der Waals surface area contributed by atoms with E-state index in [9.17, 15) is 4.79 Å². The Kier molecular flexibility index (Phi) is 3.57. The molecular formula is C13H18N2O. The van der Waals surface area contributed by atoms with Crippen LogP contribution >= 0.6 is 0 Å². The summed E-state index contributed by atoms with van der Waals surface area (Å²) < 4.78 is 0. The summed E-state index contributed by atoms with van der Waals surface area (Å²) in [6.45, 7) is 3.76. The van der Waals surface area contributed by atoms with Crippen LogP contribution in [0.25, 0.3) is 0 Å². The predicted octanol–water partition coefficient (Wildman–Crippen LogP) is 1.80. The molecule has 0 bridgehead atoms. The summed E-state index contributed by atoms with van der Waals surface area (Å²) in [6, 6.07) is 8.05. The lowest BCUT2D eigenvalue weighted by molar-refractivity contribution is -0.121. The zero-order chi connectivity index (χ0) is 11.4. The molecule has 0 aromatic heterocycles. The Labute approximate surface area is 96.2 Å². The minimum atomic E-state index is 0.141. The molecule has 1 amide bonds. The van der Waals surface area contributed by atoms with E-state index >= 15 is 0 Å². The van der Waals surface area contributed by atoms with Gasteiger partial charge in [-0.2, -0.15) is 0 Å². The maximum absolute atomic E-state index is 11.8. The molecule has 1 aliphatic rings. The second-order valence-corrected chi connectivity index (χ2v) is 4.25. The summed E-state index contributed by atoms with van der Waals surface area (Å²) in [5.74, 6) is 0.289. The van der Waals surface area contributed by atoms with Crippen LogP contribution in [0.15, 0.2) is 24.3 Å². The van der Waals surface area contributed by atoms with Gasteiger partial charge < -0.3 is 10.6 Å². The fourth-order valence-electron chi connectivity index (χ4n) is 1.84. The molecule has 0 radical (unpaired) electrons. The second-order valence-electron chi connectivity index (χ2n) is 4.25. The number of hydrogen-bond donors (Lipinski definition) is 2. The van der Waals surface area contributed by atoms with E-state index < -0.39 is 0 Å². The van der Waals surface area contributed by atoms with Crippen LogP contribution in [0.5, 0.6) is 0 Å². The van der Waals surface area contributed by atoms with E-state index in [0.717, 1.165) is 31.6 Å². The normalized spacial score (nSPS) is 15.6. The molecule has 1 heterocycles. The molecule has 1 aromatic carbocycles. The smallest absolute Gasteiger partial charge is 0.230 e. The summed E-state index contributed by atoms with van der Waals surface area (Å²) in [4.78, 5) is 11.8. The van der Waals surface area contributed by atoms with E-state index in [0.29, 0.717) is 0 Å². The maximum atomic E-state index is 11.8. The van der Waals surface area contributed by atoms with Crippen LogP contribution in [-0.2, 0) is 11.2 Å². The topological polar surface area (TPSA) is 41.1 Å². The largest absolute Gasteiger partial charge is 0.326 e. The molecule has 2 rings (SSSR count). The van der Waals surface area contributed by atoms with Crippen molar-refractivity contribution in [1.82, 2.24) is 5.32 Å². The average molecular weight is 218 g/mol. The molecular weight excluding hydrogens is 200 g/mol. The Morgan fingerprint density at radius 2 is 2.19 bits per heavy atom. The predicted molar refractivity (Wildman–Crippen MR) is 65.4 cm³/mol. The van der Waals surface area contributed by atoms with Crippen molar-refractivity contribution in [3.63, 3.8) is 0 Å². The third-order valence-corrected chi connectivity index (χ3v) is 2.95. The summed E-state index contributed by atoms with van der Waals surface area (Å²) in [5.41, 5.74) is 2.20. The van der Waals surface area contributed by atoms with Gasteiger partial charge in [0.05, 0.1) is 5.92 Å². The molecule has 0 spiro atoms. The minimum Gasteiger partial charge on any atom is -0.326 e. The van der Waals surface area contributed by atoms with Crippen molar-refractivity contribution in [2.75, 3.05) is 18.4 Å². The van der Waals surface area contributed by atoms with E-state index in [2.05, 4.69) is 23.6 Å². The third-order valence-electron chi connectivity index (χ3n) is 2.95. The van der Waals surface area contributed by atoms with Crippen LogP contribution in [0.1, 0.15) is 18.9 Å². The number of aryl methyl sites for hydroxylation is 1. The molecule has 1 aromatic rings. The lowest BCUT2D eigenvalue weighted by Crippen LogP contribution is -2.48. The molecule has 3 heteroatoms. The van der Waals surface area contributed by atoms with Crippen LogP contribution in [-0.4, -0.2) is 19.0 Å². The van der Waals surface area contributed by atoms with Crippen molar-refractivity contribution in [1.29, 1.82) is 0 Å². The number of nitrogens with one attached hydrogen (secondary N) is 2. The Balaban J connectivity index is 2.04. The van der Waals surface area contributed by atoms with E-state index in [1.165, 1.54) is 5.56 Å². The van der Waals surface area contributed by atoms with Crippen molar-refractivity contribution in [3.8, 4) is 0 Å². The molecule has 1 saturated heterocycles. The first-order valence-electron chi connectivity index (χ1n) is 5.90. The van der Waals surface area contributed by atoms with Crippen LogP contribution < -0.4 is 10.6 Å². The van der Waals surface area contributed by atoms with Gasteiger partial charge in [0.2, 0.25) is 5.91 Å². The average Bonchev–Trinajstić information content (AvgIpc) is 2.18. The Morgan fingerprint density at radius 3 is 2.81 bits per heavy atom. The summed E-state index contributed by atoms with van der Waals surface area (Å²) >= 11 is 0. The lowest BCUT2D eigenvalue weighted by atomic mass is 10.0. The van der Waals surface area contributed by atoms with Crippen molar-refractivity contribution < 1.29 is 4.79 Å². The van der Waals surface area contributed by atoms with E-state index in [1.54, 1.807) is 0 Å². The monoisotopic (exact) mass is 218 g/mol. The number of amides is 1. The summed E-state index contributed by atoms with van der Waals surface area (Å²) in [6.07, 6.45) is 2.11. The van der Waals surface area contributed by atoms with Gasteiger partial charge in [0.25, 0.3) is 0 Å². The first-order chi connectivity index (χ1) is 7.81. The SMILES string of the molecule is CCCc1ccccc1NC(=O)C1CNC1. The third kappa shape index (κ3) is 2.42. The fourth-order valence-corrected chi connectivity index (χ4v) is 1.84. The second kappa shape index (κ2) is 5.12. The molecule has 1 aliphatic heterocycles. The zero-order valence-electron chi connectivity index (χ0n) is 9.62. The molecule has 0 aliphatic carbocycles. The van der Waals surface area contributed by atoms with Gasteiger partial charge in [0.1, 0.15) is 0 Å². The quantitative estimate of drug-likeness (QED) is 0.809. The molecule has 0 unspecified atom stereocenters. The highest BCUT2D eigenvalue weighted by Crippen LogP contribution is 2.18. The van der Waals surface area contributed by atoms with Gasteiger partial charge in [-0.25, -0.2) is 0 Å². The van der Waals surface area contributed by atoms with Crippen molar-refractivity contribution in [3.05, 3.63) is 29.8 Å². The molecule has 0 saturated carbocycles. The standard InChI is InChI=1S/C13H18N2O/c1-2-5-10-6-3-4-7-12(10)15-13(16)11-8-14-9-11/h3-4,6-7,11,14H,2,5,8-9H2,1H3,(H,15,16). The van der Waals surface area contributed by atoms with Gasteiger partial charge in [-0.3, -0.25) is 4.79 Å². The highest BCUT2D eigenvalue weighted by atomic mass is 16.2. The number of rotatable bonds is 4. The molecule has 1 fully saturated rings.